The van der Waals surface area contributed by atoms with E-state index in [1.54, 1.807) is 0 Å². The van der Waals surface area contributed by atoms with Crippen LogP contribution in [0.2, 0.25) is 0 Å². The molecule has 1 atom stereocenters. The number of hydrogen-bond acceptors (Lipinski definition) is 4. The minimum atomic E-state index is -0.548. The number of esters is 1. The first-order valence-corrected chi connectivity index (χ1v) is 4.19. The van der Waals surface area contributed by atoms with Crippen LogP contribution >= 0.6 is 0 Å². The van der Waals surface area contributed by atoms with E-state index in [1.165, 1.54) is 12.0 Å². The maximum absolute atomic E-state index is 11.1. The third kappa shape index (κ3) is 1.98. The van der Waals surface area contributed by atoms with Gasteiger partial charge in [0.25, 0.3) is 0 Å². The average Bonchev–Trinajstić information content (AvgIpc) is 2.63. The minimum Gasteiger partial charge on any atom is -0.467 e. The number of aliphatic hydroxyl groups excluding tert-OH is 1. The summed E-state index contributed by atoms with van der Waals surface area (Å²) in [5.41, 5.74) is 0. The summed E-state index contributed by atoms with van der Waals surface area (Å²) < 4.78 is 4.54. The summed E-state index contributed by atoms with van der Waals surface area (Å²) in [5.74, 6) is -0.813. The Morgan fingerprint density at radius 1 is 1.62 bits per heavy atom. The lowest BCUT2D eigenvalue weighted by Crippen LogP contribution is -2.42. The molecule has 0 aliphatic carbocycles. The molecular formula is C8H13NO4. The Labute approximate surface area is 76.3 Å². The number of aliphatic hydroxyl groups is 1. The number of rotatable bonds is 2. The molecule has 0 aromatic rings. The lowest BCUT2D eigenvalue weighted by Gasteiger charge is -2.21. The van der Waals surface area contributed by atoms with E-state index in [0.29, 0.717) is 13.0 Å². The van der Waals surface area contributed by atoms with Crippen molar-refractivity contribution in [1.29, 1.82) is 0 Å². The fraction of sp³-hybridized carbons (Fsp3) is 0.750. The van der Waals surface area contributed by atoms with Gasteiger partial charge in [-0.15, -0.1) is 0 Å². The molecule has 1 rings (SSSR count). The van der Waals surface area contributed by atoms with Gasteiger partial charge in [0.1, 0.15) is 12.6 Å². The minimum absolute atomic E-state index is 0.403. The molecule has 0 aromatic heterocycles. The fourth-order valence-corrected chi connectivity index (χ4v) is 1.54. The Morgan fingerprint density at radius 2 is 2.31 bits per heavy atom. The predicted molar refractivity (Wildman–Crippen MR) is 43.8 cm³/mol. The number of hydrogen-bond donors (Lipinski definition) is 1. The summed E-state index contributed by atoms with van der Waals surface area (Å²) >= 11 is 0. The monoisotopic (exact) mass is 187 g/mol. The average molecular weight is 187 g/mol. The van der Waals surface area contributed by atoms with E-state index in [1.807, 2.05) is 0 Å². The van der Waals surface area contributed by atoms with Crippen LogP contribution in [0.4, 0.5) is 0 Å². The topological polar surface area (TPSA) is 66.8 Å². The first-order chi connectivity index (χ1) is 6.20. The molecule has 0 aromatic carbocycles. The van der Waals surface area contributed by atoms with Gasteiger partial charge in [-0.05, 0) is 12.8 Å². The zero-order chi connectivity index (χ0) is 9.84. The molecule has 0 spiro atoms. The summed E-state index contributed by atoms with van der Waals surface area (Å²) in [6.45, 7) is -0.0212. The zero-order valence-corrected chi connectivity index (χ0v) is 7.52. The Bertz CT molecular complexity index is 194. The molecule has 0 radical (unpaired) electrons. The van der Waals surface area contributed by atoms with E-state index in [-0.39, 0.29) is 0 Å². The Morgan fingerprint density at radius 3 is 2.85 bits per heavy atom. The highest BCUT2D eigenvalue weighted by atomic mass is 16.5. The van der Waals surface area contributed by atoms with Crippen LogP contribution in [0.15, 0.2) is 0 Å². The van der Waals surface area contributed by atoms with Crippen molar-refractivity contribution in [3.8, 4) is 0 Å². The quantitative estimate of drug-likeness (QED) is 0.571. The number of methoxy groups -OCH3 is 1. The third-order valence-electron chi connectivity index (χ3n) is 2.18. The number of ether oxygens (including phenoxy) is 1. The van der Waals surface area contributed by atoms with Crippen LogP contribution in [-0.4, -0.2) is 48.2 Å². The van der Waals surface area contributed by atoms with Crippen molar-refractivity contribution in [3.05, 3.63) is 0 Å². The number of carbonyl (C=O) groups excluding carboxylic acids is 2. The van der Waals surface area contributed by atoms with Crippen molar-refractivity contribution in [1.82, 2.24) is 4.90 Å². The van der Waals surface area contributed by atoms with Gasteiger partial charge in [0.15, 0.2) is 0 Å². The molecule has 1 amide bonds. The van der Waals surface area contributed by atoms with Gasteiger partial charge in [-0.25, -0.2) is 4.79 Å². The zero-order valence-electron chi connectivity index (χ0n) is 7.52. The van der Waals surface area contributed by atoms with Gasteiger partial charge < -0.3 is 14.7 Å². The molecular weight excluding hydrogens is 174 g/mol. The van der Waals surface area contributed by atoms with Crippen LogP contribution in [0.3, 0.4) is 0 Å². The van der Waals surface area contributed by atoms with Gasteiger partial charge in [0.05, 0.1) is 7.11 Å². The summed E-state index contributed by atoms with van der Waals surface area (Å²) in [7, 11) is 1.29. The molecule has 1 heterocycles. The van der Waals surface area contributed by atoms with Gasteiger partial charge in [-0.2, -0.15) is 0 Å². The van der Waals surface area contributed by atoms with Crippen LogP contribution in [-0.2, 0) is 14.3 Å². The van der Waals surface area contributed by atoms with Crippen LogP contribution < -0.4 is 0 Å². The molecule has 5 heteroatoms. The van der Waals surface area contributed by atoms with Crippen molar-refractivity contribution >= 4 is 11.9 Å². The molecule has 74 valence electrons. The van der Waals surface area contributed by atoms with Crippen molar-refractivity contribution in [2.45, 2.75) is 18.9 Å². The highest BCUT2D eigenvalue weighted by Crippen LogP contribution is 2.17. The Balaban J connectivity index is 2.63. The number of likely N-dealkylation sites (tertiary alicyclic amines) is 1. The SMILES string of the molecule is COC(=O)[C@@H]1CCCN1C(=O)CO. The van der Waals surface area contributed by atoms with Crippen LogP contribution in [0.25, 0.3) is 0 Å². The Hall–Kier alpha value is -1.10. The van der Waals surface area contributed by atoms with Gasteiger partial charge >= 0.3 is 5.97 Å². The maximum Gasteiger partial charge on any atom is 0.328 e. The lowest BCUT2D eigenvalue weighted by molar-refractivity contribution is -0.151. The molecule has 1 aliphatic heterocycles. The fourth-order valence-electron chi connectivity index (χ4n) is 1.54. The third-order valence-corrected chi connectivity index (χ3v) is 2.18. The van der Waals surface area contributed by atoms with E-state index in [4.69, 9.17) is 5.11 Å². The molecule has 1 N–H and O–H groups in total. The van der Waals surface area contributed by atoms with Crippen LogP contribution in [0, 0.1) is 0 Å². The van der Waals surface area contributed by atoms with E-state index in [9.17, 15) is 9.59 Å². The van der Waals surface area contributed by atoms with Gasteiger partial charge in [0, 0.05) is 6.54 Å². The summed E-state index contributed by atoms with van der Waals surface area (Å²) in [6, 6.07) is -0.496. The first kappa shape index (κ1) is 9.98. The first-order valence-electron chi connectivity index (χ1n) is 4.19. The van der Waals surface area contributed by atoms with Gasteiger partial charge in [-0.3, -0.25) is 4.79 Å². The predicted octanol–water partition coefficient (Wildman–Crippen LogP) is -0.857. The molecule has 5 nitrogen and oxygen atoms in total. The summed E-state index contributed by atoms with van der Waals surface area (Å²) in [6.07, 6.45) is 1.41. The summed E-state index contributed by atoms with van der Waals surface area (Å²) in [5, 5.41) is 8.62. The van der Waals surface area contributed by atoms with Crippen LogP contribution in [0.1, 0.15) is 12.8 Å². The largest absolute Gasteiger partial charge is 0.467 e. The number of carbonyl (C=O) groups is 2. The highest BCUT2D eigenvalue weighted by Gasteiger charge is 2.34. The van der Waals surface area contributed by atoms with Crippen LogP contribution in [0.5, 0.6) is 0 Å². The molecule has 1 fully saturated rings. The van der Waals surface area contributed by atoms with E-state index >= 15 is 0 Å². The normalized spacial score (nSPS) is 21.7. The molecule has 13 heavy (non-hydrogen) atoms. The molecule has 0 saturated carbocycles. The second-order valence-corrected chi connectivity index (χ2v) is 2.93. The van der Waals surface area contributed by atoms with Crippen molar-refractivity contribution in [3.63, 3.8) is 0 Å². The molecule has 1 aliphatic rings. The summed E-state index contributed by atoms with van der Waals surface area (Å²) in [4.78, 5) is 23.6. The molecule has 0 unspecified atom stereocenters. The van der Waals surface area contributed by atoms with Crippen molar-refractivity contribution in [2.75, 3.05) is 20.3 Å². The van der Waals surface area contributed by atoms with E-state index in [2.05, 4.69) is 4.74 Å². The highest BCUT2D eigenvalue weighted by molar-refractivity contribution is 5.85. The Kier molecular flexibility index (Phi) is 3.25. The lowest BCUT2D eigenvalue weighted by atomic mass is 10.2. The van der Waals surface area contributed by atoms with Crippen molar-refractivity contribution < 1.29 is 19.4 Å². The second kappa shape index (κ2) is 4.23. The van der Waals surface area contributed by atoms with Gasteiger partial charge in [-0.1, -0.05) is 0 Å². The van der Waals surface area contributed by atoms with E-state index in [0.717, 1.165) is 6.42 Å². The smallest absolute Gasteiger partial charge is 0.328 e. The van der Waals surface area contributed by atoms with Crippen molar-refractivity contribution in [2.24, 2.45) is 0 Å². The van der Waals surface area contributed by atoms with E-state index < -0.39 is 24.5 Å². The number of nitrogens with zero attached hydrogens (tertiary/aromatic N) is 1. The standard InChI is InChI=1S/C8H13NO4/c1-13-8(12)6-3-2-4-9(6)7(11)5-10/h6,10H,2-5H2,1H3/t6-/m0/s1. The second-order valence-electron chi connectivity index (χ2n) is 2.93. The number of amides is 1. The molecule has 0 bridgehead atoms. The molecule has 1 saturated heterocycles. The van der Waals surface area contributed by atoms with Gasteiger partial charge in [0.2, 0.25) is 5.91 Å². The maximum atomic E-state index is 11.1.